The van der Waals surface area contributed by atoms with Crippen LogP contribution in [0.5, 0.6) is 0 Å². The lowest BCUT2D eigenvalue weighted by Gasteiger charge is -2.31. The zero-order chi connectivity index (χ0) is 9.31. The van der Waals surface area contributed by atoms with E-state index in [0.717, 1.165) is 11.6 Å². The van der Waals surface area contributed by atoms with Crippen LogP contribution in [0, 0.1) is 5.92 Å². The topological polar surface area (TPSA) is 0 Å². The number of rotatable bonds is 1. The number of thiol groups is 1. The van der Waals surface area contributed by atoms with Gasteiger partial charge in [-0.3, -0.25) is 0 Å². The van der Waals surface area contributed by atoms with Gasteiger partial charge in [-0.2, -0.15) is 0 Å². The summed E-state index contributed by atoms with van der Waals surface area (Å²) >= 11 is 9.41. The summed E-state index contributed by atoms with van der Waals surface area (Å²) in [5, 5.41) is 0. The van der Waals surface area contributed by atoms with Crippen molar-refractivity contribution in [1.82, 2.24) is 0 Å². The van der Waals surface area contributed by atoms with Gasteiger partial charge in [0, 0.05) is 46.5 Å². The van der Waals surface area contributed by atoms with Crippen molar-refractivity contribution in [2.75, 3.05) is 11.5 Å². The molecule has 1 aliphatic heterocycles. The fourth-order valence-electron chi connectivity index (χ4n) is 2.35. The Hall–Kier alpha value is 1.48. The highest BCUT2D eigenvalue weighted by Gasteiger charge is 2.52. The van der Waals surface area contributed by atoms with Gasteiger partial charge in [-0.15, -0.1) is 0 Å². The summed E-state index contributed by atoms with van der Waals surface area (Å²) in [5.41, 5.74) is 0.960. The van der Waals surface area contributed by atoms with Gasteiger partial charge in [-0.25, -0.2) is 0 Å². The molecule has 13 heavy (non-hydrogen) atoms. The lowest BCUT2D eigenvalue weighted by Crippen LogP contribution is -2.21. The summed E-state index contributed by atoms with van der Waals surface area (Å²) in [6, 6.07) is 0. The van der Waals surface area contributed by atoms with Crippen molar-refractivity contribution in [3.05, 3.63) is 0 Å². The lowest BCUT2D eigenvalue weighted by molar-refractivity contribution is 0.395. The van der Waals surface area contributed by atoms with E-state index >= 15 is 0 Å². The minimum Gasteiger partial charge on any atom is -0.0587 e. The average Bonchev–Trinajstić information content (AvgIpc) is 2.54. The van der Waals surface area contributed by atoms with Gasteiger partial charge in [0.1, 0.15) is 5.66 Å². The van der Waals surface area contributed by atoms with E-state index in [-0.39, 0.29) is 0 Å². The second-order valence-corrected chi connectivity index (χ2v) is 16.4. The van der Waals surface area contributed by atoms with Crippen LogP contribution >= 0.6 is 39.9 Å². The first-order chi connectivity index (χ1) is 6.22. The molecule has 0 spiro atoms. The molecule has 0 bridgehead atoms. The van der Waals surface area contributed by atoms with Crippen molar-refractivity contribution < 1.29 is 0 Å². The first-order valence-corrected chi connectivity index (χ1v) is 11.3. The molecule has 1 saturated heterocycles. The molecule has 76 valence electrons. The minimum atomic E-state index is -0.924. The van der Waals surface area contributed by atoms with Crippen LogP contribution in [-0.4, -0.2) is 17.2 Å². The van der Waals surface area contributed by atoms with E-state index < -0.39 is 4.87 Å². The third-order valence-corrected chi connectivity index (χ3v) is 16.3. The van der Waals surface area contributed by atoms with Crippen LogP contribution in [0.1, 0.15) is 32.6 Å². The molecule has 2 aliphatic rings. The lowest BCUT2D eigenvalue weighted by atomic mass is 9.90. The molecule has 0 nitrogen and oxygen atoms in total. The predicted molar refractivity (Wildman–Crippen MR) is 72.2 cm³/mol. The van der Waals surface area contributed by atoms with Gasteiger partial charge in [-0.1, -0.05) is 13.3 Å². The Bertz CT molecular complexity index is 180. The van der Waals surface area contributed by atoms with Crippen molar-refractivity contribution in [3.63, 3.8) is 0 Å². The van der Waals surface area contributed by atoms with Crippen LogP contribution in [0.15, 0.2) is 0 Å². The largest absolute Gasteiger partial charge is 0.190 e. The molecule has 1 heterocycles. The van der Waals surface area contributed by atoms with Crippen molar-refractivity contribution in [2.24, 2.45) is 5.92 Å². The Balaban J connectivity index is 2.04. The molecule has 2 fully saturated rings. The maximum absolute atomic E-state index is 5.02. The molecule has 0 aromatic heterocycles. The van der Waals surface area contributed by atoms with E-state index in [9.17, 15) is 0 Å². The SMILES string of the molecule is CC1CCCCC1[P+]1(S)SCCS1. The number of hydrogen-bond acceptors (Lipinski definition) is 3. The Morgan fingerprint density at radius 3 is 2.38 bits per heavy atom. The highest BCUT2D eigenvalue weighted by Crippen LogP contribution is 2.90. The highest BCUT2D eigenvalue weighted by atomic mass is 33.4. The average molecular weight is 253 g/mol. The first kappa shape index (κ1) is 11.0. The molecular weight excluding hydrogens is 235 g/mol. The Labute approximate surface area is 95.4 Å². The molecular formula is C9H18PS3+. The second-order valence-electron chi connectivity index (χ2n) is 4.06. The molecule has 1 saturated carbocycles. The fourth-order valence-corrected chi connectivity index (χ4v) is 15.9. The smallest absolute Gasteiger partial charge is 0.0587 e. The molecule has 0 aromatic carbocycles. The third kappa shape index (κ3) is 2.35. The second kappa shape index (κ2) is 4.55. The van der Waals surface area contributed by atoms with Gasteiger partial charge in [0.2, 0.25) is 0 Å². The van der Waals surface area contributed by atoms with E-state index in [1.807, 2.05) is 0 Å². The molecule has 4 heteroatoms. The van der Waals surface area contributed by atoms with Gasteiger partial charge in [0.05, 0.1) is 0 Å². The van der Waals surface area contributed by atoms with E-state index in [4.69, 9.17) is 12.2 Å². The molecule has 0 N–H and O–H groups in total. The van der Waals surface area contributed by atoms with Gasteiger partial charge in [0.15, 0.2) is 4.87 Å². The fraction of sp³-hybridized carbons (Fsp3) is 1.00. The van der Waals surface area contributed by atoms with Crippen LogP contribution < -0.4 is 0 Å². The van der Waals surface area contributed by atoms with E-state index in [1.165, 1.54) is 37.2 Å². The molecule has 1 aliphatic carbocycles. The van der Waals surface area contributed by atoms with Crippen molar-refractivity contribution in [2.45, 2.75) is 38.3 Å². The van der Waals surface area contributed by atoms with Gasteiger partial charge >= 0.3 is 0 Å². The number of hydrogen-bond donors (Lipinski definition) is 1. The van der Waals surface area contributed by atoms with Crippen LogP contribution in [0.4, 0.5) is 0 Å². The minimum absolute atomic E-state index is 0.924. The first-order valence-electron chi connectivity index (χ1n) is 5.13. The normalized spacial score (nSPS) is 39.2. The van der Waals surface area contributed by atoms with Crippen LogP contribution in [0.3, 0.4) is 0 Å². The predicted octanol–water partition coefficient (Wildman–Crippen LogP) is 4.74. The maximum atomic E-state index is 5.02. The molecule has 2 atom stereocenters. The zero-order valence-corrected chi connectivity index (χ0v) is 11.5. The van der Waals surface area contributed by atoms with Gasteiger partial charge in [0.25, 0.3) is 0 Å². The third-order valence-electron chi connectivity index (χ3n) is 3.12. The maximum Gasteiger partial charge on any atom is 0.190 e. The van der Waals surface area contributed by atoms with Crippen molar-refractivity contribution in [3.8, 4) is 0 Å². The van der Waals surface area contributed by atoms with E-state index in [1.54, 1.807) is 0 Å². The quantitative estimate of drug-likeness (QED) is 0.529. The van der Waals surface area contributed by atoms with Crippen LogP contribution in [0.2, 0.25) is 0 Å². The molecule has 2 rings (SSSR count). The Morgan fingerprint density at radius 2 is 1.77 bits per heavy atom. The molecule has 0 radical (unpaired) electrons. The Morgan fingerprint density at radius 1 is 1.15 bits per heavy atom. The highest BCUT2D eigenvalue weighted by molar-refractivity contribution is 9.16. The molecule has 2 unspecified atom stereocenters. The Kier molecular flexibility index (Phi) is 3.84. The monoisotopic (exact) mass is 253 g/mol. The van der Waals surface area contributed by atoms with Gasteiger partial charge in [-0.05, 0) is 25.2 Å². The molecule has 0 aromatic rings. The van der Waals surface area contributed by atoms with Crippen molar-refractivity contribution in [1.29, 1.82) is 0 Å². The van der Waals surface area contributed by atoms with Gasteiger partial charge < -0.3 is 0 Å². The molecule has 0 amide bonds. The summed E-state index contributed by atoms with van der Waals surface area (Å²) < 4.78 is 0. The van der Waals surface area contributed by atoms with Crippen LogP contribution in [-0.2, 0) is 0 Å². The summed E-state index contributed by atoms with van der Waals surface area (Å²) in [6.45, 7) is 2.45. The summed E-state index contributed by atoms with van der Waals surface area (Å²) in [6.07, 6.45) is 5.83. The summed E-state index contributed by atoms with van der Waals surface area (Å²) in [5.74, 6) is 3.65. The van der Waals surface area contributed by atoms with Crippen LogP contribution in [0.25, 0.3) is 0 Å². The van der Waals surface area contributed by atoms with Crippen molar-refractivity contribution >= 4 is 39.9 Å². The van der Waals surface area contributed by atoms with E-state index in [2.05, 4.69) is 29.7 Å². The summed E-state index contributed by atoms with van der Waals surface area (Å²) in [4.78, 5) is -0.924. The zero-order valence-electron chi connectivity index (χ0n) is 8.11. The standard InChI is InChI=1S/C9H18PS3/c1-8-4-2-3-5-9(8)10(11)12-6-7-13-10/h8-9,11H,2-7H2,1H3/q+1. The van der Waals surface area contributed by atoms with E-state index in [0.29, 0.717) is 0 Å². The summed E-state index contributed by atoms with van der Waals surface area (Å²) in [7, 11) is 0.